The Hall–Kier alpha value is -1.62. The maximum atomic E-state index is 12.1. The van der Waals surface area contributed by atoms with Crippen LogP contribution in [0.5, 0.6) is 0 Å². The number of aromatic amines is 1. The Morgan fingerprint density at radius 1 is 1.41 bits per heavy atom. The van der Waals surface area contributed by atoms with Gasteiger partial charge in [-0.15, -0.1) is 0 Å². The van der Waals surface area contributed by atoms with Crippen molar-refractivity contribution in [1.29, 1.82) is 0 Å². The highest BCUT2D eigenvalue weighted by Crippen LogP contribution is 2.12. The normalized spacial score (nSPS) is 10.2. The van der Waals surface area contributed by atoms with Crippen LogP contribution < -0.4 is 0 Å². The van der Waals surface area contributed by atoms with Gasteiger partial charge in [-0.05, 0) is 24.3 Å². The van der Waals surface area contributed by atoms with Gasteiger partial charge in [-0.25, -0.2) is 0 Å². The highest BCUT2D eigenvalue weighted by Gasteiger charge is 2.11. The van der Waals surface area contributed by atoms with Crippen molar-refractivity contribution >= 4 is 21.8 Å². The zero-order chi connectivity index (χ0) is 12.3. The number of hydrogen-bond acceptors (Lipinski definition) is 2. The van der Waals surface area contributed by atoms with Crippen LogP contribution in [0.25, 0.3) is 0 Å². The first-order valence-corrected chi connectivity index (χ1v) is 5.95. The first kappa shape index (κ1) is 11.9. The van der Waals surface area contributed by atoms with Crippen LogP contribution in [0.3, 0.4) is 0 Å². The number of nitrogens with zero attached hydrogens (tertiary/aromatic N) is 2. The van der Waals surface area contributed by atoms with Crippen molar-refractivity contribution in [2.75, 3.05) is 7.05 Å². The van der Waals surface area contributed by atoms with E-state index in [9.17, 15) is 4.79 Å². The number of carbonyl (C=O) groups excluding carboxylic acids is 1. The number of halogens is 1. The van der Waals surface area contributed by atoms with Crippen LogP contribution in [-0.4, -0.2) is 28.1 Å². The van der Waals surface area contributed by atoms with E-state index in [1.54, 1.807) is 36.5 Å². The van der Waals surface area contributed by atoms with E-state index in [1.165, 1.54) is 0 Å². The van der Waals surface area contributed by atoms with E-state index >= 15 is 0 Å². The number of benzene rings is 1. The van der Waals surface area contributed by atoms with Gasteiger partial charge in [-0.3, -0.25) is 9.89 Å². The van der Waals surface area contributed by atoms with E-state index in [0.717, 1.165) is 10.0 Å². The van der Waals surface area contributed by atoms with Gasteiger partial charge in [-0.1, -0.05) is 15.9 Å². The maximum absolute atomic E-state index is 12.1. The summed E-state index contributed by atoms with van der Waals surface area (Å²) in [6.45, 7) is 0.547. The minimum Gasteiger partial charge on any atom is -0.337 e. The second-order valence-electron chi connectivity index (χ2n) is 3.77. The fourth-order valence-electron chi connectivity index (χ4n) is 1.52. The number of hydrogen-bond donors (Lipinski definition) is 1. The van der Waals surface area contributed by atoms with Gasteiger partial charge in [0.15, 0.2) is 0 Å². The quantitative estimate of drug-likeness (QED) is 0.945. The minimum atomic E-state index is -0.00120. The molecule has 0 saturated heterocycles. The van der Waals surface area contributed by atoms with E-state index in [1.807, 2.05) is 12.1 Å². The third kappa shape index (κ3) is 2.94. The molecule has 2 rings (SSSR count). The molecule has 4 nitrogen and oxygen atoms in total. The lowest BCUT2D eigenvalue weighted by molar-refractivity contribution is 0.0785. The lowest BCUT2D eigenvalue weighted by atomic mass is 10.2. The summed E-state index contributed by atoms with van der Waals surface area (Å²) in [6, 6.07) is 7.33. The third-order valence-electron chi connectivity index (χ3n) is 2.41. The number of H-pyrrole nitrogens is 1. The van der Waals surface area contributed by atoms with E-state index in [0.29, 0.717) is 12.1 Å². The van der Waals surface area contributed by atoms with E-state index in [4.69, 9.17) is 0 Å². The number of carbonyl (C=O) groups is 1. The predicted octanol–water partition coefficient (Wildman–Crippen LogP) is 2.44. The average molecular weight is 294 g/mol. The van der Waals surface area contributed by atoms with Gasteiger partial charge in [0.05, 0.1) is 6.20 Å². The molecule has 17 heavy (non-hydrogen) atoms. The molecule has 88 valence electrons. The summed E-state index contributed by atoms with van der Waals surface area (Å²) < 4.78 is 0.964. The van der Waals surface area contributed by atoms with Crippen LogP contribution >= 0.6 is 15.9 Å². The molecular formula is C12H12BrN3O. The standard InChI is InChI=1S/C12H12BrN3O/c1-16(8-9-6-14-15-7-9)12(17)10-2-4-11(13)5-3-10/h2-7H,8H2,1H3,(H,14,15). The lowest BCUT2D eigenvalue weighted by Crippen LogP contribution is -2.25. The fourth-order valence-corrected chi connectivity index (χ4v) is 1.79. The Kier molecular flexibility index (Phi) is 3.58. The van der Waals surface area contributed by atoms with Crippen LogP contribution in [0, 0.1) is 0 Å². The molecule has 2 aromatic rings. The highest BCUT2D eigenvalue weighted by molar-refractivity contribution is 9.10. The summed E-state index contributed by atoms with van der Waals surface area (Å²) in [5.41, 5.74) is 1.66. The molecule has 0 bridgehead atoms. The highest BCUT2D eigenvalue weighted by atomic mass is 79.9. The number of amides is 1. The first-order valence-electron chi connectivity index (χ1n) is 5.15. The van der Waals surface area contributed by atoms with Crippen molar-refractivity contribution < 1.29 is 4.79 Å². The summed E-state index contributed by atoms with van der Waals surface area (Å²) >= 11 is 3.34. The molecule has 5 heteroatoms. The summed E-state index contributed by atoms with van der Waals surface area (Å²) in [5.74, 6) is -0.00120. The van der Waals surface area contributed by atoms with Gasteiger partial charge < -0.3 is 4.90 Å². The summed E-state index contributed by atoms with van der Waals surface area (Å²) in [6.07, 6.45) is 3.50. The molecule has 1 amide bonds. The van der Waals surface area contributed by atoms with Crippen LogP contribution in [0.4, 0.5) is 0 Å². The van der Waals surface area contributed by atoms with Gasteiger partial charge >= 0.3 is 0 Å². The molecule has 1 heterocycles. The Balaban J connectivity index is 2.07. The van der Waals surface area contributed by atoms with E-state index < -0.39 is 0 Å². The van der Waals surface area contributed by atoms with E-state index in [2.05, 4.69) is 26.1 Å². The van der Waals surface area contributed by atoms with Crippen molar-refractivity contribution in [2.45, 2.75) is 6.54 Å². The average Bonchev–Trinajstić information content (AvgIpc) is 2.82. The second kappa shape index (κ2) is 5.14. The SMILES string of the molecule is CN(Cc1cn[nH]c1)C(=O)c1ccc(Br)cc1. The summed E-state index contributed by atoms with van der Waals surface area (Å²) in [7, 11) is 1.78. The van der Waals surface area contributed by atoms with E-state index in [-0.39, 0.29) is 5.91 Å². The van der Waals surface area contributed by atoms with Gasteiger partial charge in [0.2, 0.25) is 0 Å². The Morgan fingerprint density at radius 3 is 2.71 bits per heavy atom. The van der Waals surface area contributed by atoms with Gasteiger partial charge in [0, 0.05) is 35.4 Å². The molecule has 0 aliphatic heterocycles. The van der Waals surface area contributed by atoms with Gasteiger partial charge in [0.1, 0.15) is 0 Å². The summed E-state index contributed by atoms with van der Waals surface area (Å²) in [5, 5.41) is 6.58. The van der Waals surface area contributed by atoms with Crippen LogP contribution in [0.15, 0.2) is 41.1 Å². The molecule has 0 radical (unpaired) electrons. The van der Waals surface area contributed by atoms with Crippen molar-refractivity contribution in [3.63, 3.8) is 0 Å². The van der Waals surface area contributed by atoms with Crippen LogP contribution in [-0.2, 0) is 6.54 Å². The van der Waals surface area contributed by atoms with Crippen molar-refractivity contribution in [1.82, 2.24) is 15.1 Å². The molecule has 0 saturated carbocycles. The molecule has 1 aromatic carbocycles. The Bertz CT molecular complexity index is 493. The molecule has 0 fully saturated rings. The van der Waals surface area contributed by atoms with Crippen molar-refractivity contribution in [2.24, 2.45) is 0 Å². The topological polar surface area (TPSA) is 49.0 Å². The molecule has 0 unspecified atom stereocenters. The van der Waals surface area contributed by atoms with Crippen molar-refractivity contribution in [3.8, 4) is 0 Å². The third-order valence-corrected chi connectivity index (χ3v) is 2.94. The lowest BCUT2D eigenvalue weighted by Gasteiger charge is -2.16. The largest absolute Gasteiger partial charge is 0.337 e. The Morgan fingerprint density at radius 2 is 2.12 bits per heavy atom. The van der Waals surface area contributed by atoms with Gasteiger partial charge in [0.25, 0.3) is 5.91 Å². The molecule has 1 aromatic heterocycles. The molecule has 0 atom stereocenters. The smallest absolute Gasteiger partial charge is 0.253 e. The maximum Gasteiger partial charge on any atom is 0.253 e. The molecule has 1 N–H and O–H groups in total. The first-order chi connectivity index (χ1) is 8.16. The van der Waals surface area contributed by atoms with Gasteiger partial charge in [-0.2, -0.15) is 5.10 Å². The number of aromatic nitrogens is 2. The zero-order valence-electron chi connectivity index (χ0n) is 9.35. The minimum absolute atomic E-state index is 0.00120. The van der Waals surface area contributed by atoms with Crippen LogP contribution in [0.2, 0.25) is 0 Å². The zero-order valence-corrected chi connectivity index (χ0v) is 10.9. The summed E-state index contributed by atoms with van der Waals surface area (Å²) in [4.78, 5) is 13.7. The number of rotatable bonds is 3. The predicted molar refractivity (Wildman–Crippen MR) is 68.5 cm³/mol. The molecular weight excluding hydrogens is 282 g/mol. The monoisotopic (exact) mass is 293 g/mol. The molecule has 0 aliphatic carbocycles. The molecule has 0 spiro atoms. The second-order valence-corrected chi connectivity index (χ2v) is 4.69. The Labute approximate surface area is 108 Å². The fraction of sp³-hybridized carbons (Fsp3) is 0.167. The molecule has 0 aliphatic rings. The van der Waals surface area contributed by atoms with Crippen LogP contribution in [0.1, 0.15) is 15.9 Å². The van der Waals surface area contributed by atoms with Crippen molar-refractivity contribution in [3.05, 3.63) is 52.3 Å². The number of nitrogens with one attached hydrogen (secondary N) is 1.